The van der Waals surface area contributed by atoms with Crippen molar-refractivity contribution < 1.29 is 17.3 Å². The maximum atomic E-state index is 14.0. The van der Waals surface area contributed by atoms with Crippen molar-refractivity contribution >= 4 is 42.5 Å². The lowest BCUT2D eigenvalue weighted by Crippen LogP contribution is -2.07. The number of benzene rings is 6. The summed E-state index contributed by atoms with van der Waals surface area (Å²) in [6.07, 6.45) is -4.50. The van der Waals surface area contributed by atoms with Gasteiger partial charge in [-0.3, -0.25) is 4.57 Å². The van der Waals surface area contributed by atoms with Crippen LogP contribution in [0.2, 0.25) is 0 Å². The summed E-state index contributed by atoms with van der Waals surface area (Å²) < 4.78 is 69.3. The van der Waals surface area contributed by atoms with Gasteiger partial charge < -0.3 is 0 Å². The number of halogens is 3. The zero-order chi connectivity index (χ0) is 34.1. The van der Waals surface area contributed by atoms with Crippen molar-refractivity contribution in [1.29, 1.82) is 0 Å². The Hall–Kier alpha value is -5.20. The van der Waals surface area contributed by atoms with Crippen molar-refractivity contribution in [1.82, 2.24) is 9.55 Å². The minimum atomic E-state index is -4.50. The molecule has 0 aliphatic heterocycles. The van der Waals surface area contributed by atoms with Gasteiger partial charge >= 0.3 is 6.18 Å². The Bertz CT molecular complexity index is 2530. The Morgan fingerprint density at radius 3 is 2.26 bits per heavy atom. The molecule has 8 rings (SSSR count). The molecule has 0 saturated carbocycles. The van der Waals surface area contributed by atoms with Crippen LogP contribution in [0.5, 0.6) is 0 Å². The van der Waals surface area contributed by atoms with Crippen molar-refractivity contribution in [3.8, 4) is 39.3 Å². The summed E-state index contributed by atoms with van der Waals surface area (Å²) in [6.45, 7) is -0.0906. The second-order valence-electron chi connectivity index (χ2n) is 11.4. The number of imidazole rings is 1. The lowest BCUT2D eigenvalue weighted by atomic mass is 9.99. The van der Waals surface area contributed by atoms with E-state index in [1.54, 1.807) is 29.5 Å². The fraction of sp³-hybridized carbons (Fsp3) is 0.0750. The largest absolute Gasteiger partial charge is 0.416 e. The molecule has 0 bridgehead atoms. The van der Waals surface area contributed by atoms with Gasteiger partial charge in [0.05, 0.1) is 22.3 Å². The molecule has 0 atom stereocenters. The van der Waals surface area contributed by atoms with Crippen LogP contribution in [0, 0.1) is 13.8 Å². The third kappa shape index (κ3) is 4.68. The molecule has 0 unspecified atom stereocenters. The zero-order valence-corrected chi connectivity index (χ0v) is 25.4. The van der Waals surface area contributed by atoms with Gasteiger partial charge in [-0.2, -0.15) is 13.2 Å². The summed E-state index contributed by atoms with van der Waals surface area (Å²) >= 11 is 1.64. The van der Waals surface area contributed by atoms with Gasteiger partial charge in [0.2, 0.25) is 0 Å². The van der Waals surface area contributed by atoms with Crippen LogP contribution in [0.25, 0.3) is 70.5 Å². The highest BCUT2D eigenvalue weighted by Crippen LogP contribution is 2.45. The minimum Gasteiger partial charge on any atom is -0.292 e. The van der Waals surface area contributed by atoms with E-state index in [1.807, 2.05) is 77.4 Å². The van der Waals surface area contributed by atoms with E-state index in [0.29, 0.717) is 28.2 Å². The molecule has 0 spiro atoms. The average molecular weight is 628 g/mol. The molecular weight excluding hydrogens is 598 g/mol. The zero-order valence-electron chi connectivity index (χ0n) is 27.6. The molecule has 6 aromatic carbocycles. The van der Waals surface area contributed by atoms with Crippen LogP contribution in [0.1, 0.15) is 20.8 Å². The van der Waals surface area contributed by atoms with Gasteiger partial charge in [0.15, 0.2) is 0 Å². The molecule has 0 saturated heterocycles. The van der Waals surface area contributed by atoms with Gasteiger partial charge in [0, 0.05) is 35.4 Å². The van der Waals surface area contributed by atoms with Crippen LogP contribution >= 0.6 is 11.3 Å². The van der Waals surface area contributed by atoms with Crippen molar-refractivity contribution in [3.05, 3.63) is 144 Å². The van der Waals surface area contributed by atoms with Crippen molar-refractivity contribution in [2.45, 2.75) is 20.0 Å². The first kappa shape index (κ1) is 25.0. The summed E-state index contributed by atoms with van der Waals surface area (Å²) in [7, 11) is 0. The number of fused-ring (bicyclic) bond motifs is 4. The number of aryl methyl sites for hydroxylation is 2. The highest BCUT2D eigenvalue weighted by molar-refractivity contribution is 7.26. The number of hydrogen-bond acceptors (Lipinski definition) is 2. The number of para-hydroxylation sites is 2. The molecule has 2 aromatic heterocycles. The topological polar surface area (TPSA) is 17.8 Å². The molecule has 2 nitrogen and oxygen atoms in total. The monoisotopic (exact) mass is 627 g/mol. The molecule has 8 aromatic rings. The van der Waals surface area contributed by atoms with Crippen molar-refractivity contribution in [2.24, 2.45) is 0 Å². The van der Waals surface area contributed by atoms with E-state index in [4.69, 9.17) is 9.10 Å². The van der Waals surface area contributed by atoms with Crippen LogP contribution < -0.4 is 0 Å². The third-order valence-electron chi connectivity index (χ3n) is 8.50. The summed E-state index contributed by atoms with van der Waals surface area (Å²) in [5.74, 6) is 0.634. The summed E-state index contributed by atoms with van der Waals surface area (Å²) in [4.78, 5) is 5.11. The maximum Gasteiger partial charge on any atom is 0.416 e. The van der Waals surface area contributed by atoms with Gasteiger partial charge in [0.1, 0.15) is 5.82 Å². The first-order chi connectivity index (χ1) is 23.5. The Labute approximate surface area is 272 Å². The van der Waals surface area contributed by atoms with Gasteiger partial charge in [-0.25, -0.2) is 4.98 Å². The minimum absolute atomic E-state index is 0.297. The first-order valence-corrected chi connectivity index (χ1v) is 15.6. The quantitative estimate of drug-likeness (QED) is 0.190. The van der Waals surface area contributed by atoms with Crippen LogP contribution in [0.15, 0.2) is 127 Å². The fourth-order valence-electron chi connectivity index (χ4n) is 6.27. The number of aromatic nitrogens is 2. The molecule has 0 amide bonds. The Kier molecular flexibility index (Phi) is 5.83. The van der Waals surface area contributed by atoms with Crippen LogP contribution in [0.3, 0.4) is 0 Å². The predicted octanol–water partition coefficient (Wildman–Crippen LogP) is 12.0. The fourth-order valence-corrected chi connectivity index (χ4v) is 7.60. The molecule has 2 heterocycles. The van der Waals surface area contributed by atoms with Crippen molar-refractivity contribution in [3.63, 3.8) is 0 Å². The van der Waals surface area contributed by atoms with Gasteiger partial charge in [0.25, 0.3) is 0 Å². The van der Waals surface area contributed by atoms with E-state index in [0.717, 1.165) is 59.5 Å². The van der Waals surface area contributed by atoms with Gasteiger partial charge in [-0.15, -0.1) is 11.3 Å². The number of alkyl halides is 3. The van der Waals surface area contributed by atoms with E-state index in [9.17, 15) is 13.2 Å². The lowest BCUT2D eigenvalue weighted by molar-refractivity contribution is -0.137. The highest BCUT2D eigenvalue weighted by Gasteiger charge is 2.32. The Morgan fingerprint density at radius 2 is 1.48 bits per heavy atom. The van der Waals surface area contributed by atoms with Gasteiger partial charge in [-0.1, -0.05) is 90.5 Å². The standard InChI is InChI=1S/C40H27F3N2S/c1-24-12-15-26(16-13-24)28-17-20-30-36(22-28)46-38-31(19-14-25(2)37(30)38)39-44-33-10-6-7-11-35(33)45(39)34-21-18-29(40(41,42)43)23-32(34)27-8-4-3-5-9-27/h3-23H,1-2H3/i1D3. The Balaban J connectivity index is 1.36. The van der Waals surface area contributed by atoms with Crippen LogP contribution in [-0.4, -0.2) is 9.55 Å². The van der Waals surface area contributed by atoms with Crippen LogP contribution in [0.4, 0.5) is 13.2 Å². The first-order valence-electron chi connectivity index (χ1n) is 16.3. The van der Waals surface area contributed by atoms with Gasteiger partial charge in [-0.05, 0) is 78.5 Å². The normalized spacial score (nSPS) is 13.3. The van der Waals surface area contributed by atoms with E-state index < -0.39 is 18.6 Å². The molecule has 0 aliphatic rings. The number of thiophene rings is 1. The van der Waals surface area contributed by atoms with Crippen molar-refractivity contribution in [2.75, 3.05) is 0 Å². The molecule has 0 radical (unpaired) electrons. The molecule has 0 N–H and O–H groups in total. The second kappa shape index (κ2) is 10.7. The third-order valence-corrected chi connectivity index (χ3v) is 9.68. The summed E-state index contributed by atoms with van der Waals surface area (Å²) in [6, 6.07) is 38.1. The highest BCUT2D eigenvalue weighted by atomic mass is 32.1. The Morgan fingerprint density at radius 1 is 0.717 bits per heavy atom. The molecule has 224 valence electrons. The number of hydrogen-bond donors (Lipinski definition) is 0. The van der Waals surface area contributed by atoms with E-state index in [2.05, 4.69) is 31.2 Å². The summed E-state index contributed by atoms with van der Waals surface area (Å²) in [5.41, 5.74) is 6.68. The van der Waals surface area contributed by atoms with E-state index in [-0.39, 0.29) is 0 Å². The molecular formula is C40H27F3N2S. The van der Waals surface area contributed by atoms with Crippen LogP contribution in [-0.2, 0) is 6.18 Å². The molecule has 0 fully saturated rings. The summed E-state index contributed by atoms with van der Waals surface area (Å²) in [5, 5.41) is 2.18. The number of nitrogens with zero attached hydrogens (tertiary/aromatic N) is 2. The molecule has 0 aliphatic carbocycles. The predicted molar refractivity (Wildman–Crippen MR) is 185 cm³/mol. The van der Waals surface area contributed by atoms with E-state index >= 15 is 0 Å². The lowest BCUT2D eigenvalue weighted by Gasteiger charge is -2.18. The van der Waals surface area contributed by atoms with E-state index in [1.165, 1.54) is 6.07 Å². The second-order valence-corrected chi connectivity index (χ2v) is 12.4. The molecule has 46 heavy (non-hydrogen) atoms. The molecule has 6 heteroatoms. The maximum absolute atomic E-state index is 14.0. The number of rotatable bonds is 4. The smallest absolute Gasteiger partial charge is 0.292 e. The SMILES string of the molecule is [2H]C([2H])([2H])c1ccc(-c2ccc3c(c2)sc2c(-c4nc5ccccc5n4-c4ccc(C(F)(F)F)cc4-c4ccccc4)ccc(C)c23)cc1. The average Bonchev–Trinajstić information content (AvgIpc) is 3.67.